The zero-order valence-corrected chi connectivity index (χ0v) is 13.0. The second kappa shape index (κ2) is 7.91. The summed E-state index contributed by atoms with van der Waals surface area (Å²) < 4.78 is 5.60. The molecule has 2 unspecified atom stereocenters. The molecule has 116 valence electrons. The molecule has 0 aliphatic carbocycles. The van der Waals surface area contributed by atoms with E-state index in [1.807, 2.05) is 35.2 Å². The molecule has 1 aliphatic heterocycles. The molecule has 0 spiro atoms. The molecule has 2 atom stereocenters. The van der Waals surface area contributed by atoms with Gasteiger partial charge in [-0.3, -0.25) is 0 Å². The average molecular weight is 290 g/mol. The van der Waals surface area contributed by atoms with Crippen LogP contribution in [-0.2, 0) is 0 Å². The standard InChI is InChI=1S/C17H26N2O2/c1-14-11-15(2)13-19(12-14)17(20)18-9-6-10-21-16-7-4-3-5-8-16/h3-5,7-8,14-15H,6,9-13H2,1-2H3,(H,18,20). The maximum atomic E-state index is 12.1. The van der Waals surface area contributed by atoms with Gasteiger partial charge in [0.15, 0.2) is 0 Å². The summed E-state index contributed by atoms with van der Waals surface area (Å²) in [4.78, 5) is 14.0. The SMILES string of the molecule is CC1CC(C)CN(C(=O)NCCCOc2ccccc2)C1. The lowest BCUT2D eigenvalue weighted by atomic mass is 9.92. The third-order valence-corrected chi connectivity index (χ3v) is 3.77. The van der Waals surface area contributed by atoms with Gasteiger partial charge in [-0.2, -0.15) is 0 Å². The van der Waals surface area contributed by atoms with Crippen molar-refractivity contribution in [3.63, 3.8) is 0 Å². The van der Waals surface area contributed by atoms with E-state index in [0.717, 1.165) is 25.3 Å². The van der Waals surface area contributed by atoms with Crippen LogP contribution in [0.15, 0.2) is 30.3 Å². The Morgan fingerprint density at radius 3 is 2.57 bits per heavy atom. The van der Waals surface area contributed by atoms with Gasteiger partial charge in [0.1, 0.15) is 5.75 Å². The van der Waals surface area contributed by atoms with Crippen molar-refractivity contribution in [2.24, 2.45) is 11.8 Å². The number of carbonyl (C=O) groups excluding carboxylic acids is 1. The van der Waals surface area contributed by atoms with E-state index in [2.05, 4.69) is 19.2 Å². The summed E-state index contributed by atoms with van der Waals surface area (Å²) in [6.07, 6.45) is 2.04. The molecule has 0 radical (unpaired) electrons. The first kappa shape index (κ1) is 15.7. The lowest BCUT2D eigenvalue weighted by molar-refractivity contribution is 0.145. The summed E-state index contributed by atoms with van der Waals surface area (Å²) in [5.74, 6) is 2.07. The molecule has 1 aromatic rings. The van der Waals surface area contributed by atoms with Crippen LogP contribution < -0.4 is 10.1 Å². The number of carbonyl (C=O) groups is 1. The summed E-state index contributed by atoms with van der Waals surface area (Å²) in [5.41, 5.74) is 0. The van der Waals surface area contributed by atoms with Crippen molar-refractivity contribution in [2.75, 3.05) is 26.2 Å². The van der Waals surface area contributed by atoms with Gasteiger partial charge in [-0.1, -0.05) is 32.0 Å². The molecular weight excluding hydrogens is 264 g/mol. The molecule has 0 bridgehead atoms. The van der Waals surface area contributed by atoms with Crippen molar-refractivity contribution in [3.05, 3.63) is 30.3 Å². The fourth-order valence-corrected chi connectivity index (χ4v) is 2.91. The fraction of sp³-hybridized carbons (Fsp3) is 0.588. The first-order valence-corrected chi connectivity index (χ1v) is 7.85. The predicted molar refractivity (Wildman–Crippen MR) is 84.5 cm³/mol. The van der Waals surface area contributed by atoms with Crippen molar-refractivity contribution in [1.29, 1.82) is 0 Å². The van der Waals surface area contributed by atoms with E-state index in [4.69, 9.17) is 4.74 Å². The molecule has 21 heavy (non-hydrogen) atoms. The van der Waals surface area contributed by atoms with Crippen LogP contribution in [0, 0.1) is 11.8 Å². The smallest absolute Gasteiger partial charge is 0.317 e. The highest BCUT2D eigenvalue weighted by atomic mass is 16.5. The quantitative estimate of drug-likeness (QED) is 0.846. The lowest BCUT2D eigenvalue weighted by Crippen LogP contribution is -2.47. The molecule has 1 saturated heterocycles. The number of piperidine rings is 1. The Balaban J connectivity index is 1.61. The number of rotatable bonds is 5. The Kier molecular flexibility index (Phi) is 5.90. The average Bonchev–Trinajstić information content (AvgIpc) is 2.47. The fourth-order valence-electron chi connectivity index (χ4n) is 2.91. The van der Waals surface area contributed by atoms with Gasteiger partial charge in [-0.25, -0.2) is 4.79 Å². The molecule has 4 heteroatoms. The van der Waals surface area contributed by atoms with Crippen LogP contribution in [0.4, 0.5) is 4.79 Å². The first-order chi connectivity index (χ1) is 10.1. The topological polar surface area (TPSA) is 41.6 Å². The van der Waals surface area contributed by atoms with Crippen molar-refractivity contribution < 1.29 is 9.53 Å². The molecule has 1 aromatic carbocycles. The van der Waals surface area contributed by atoms with E-state index in [1.165, 1.54) is 6.42 Å². The minimum atomic E-state index is 0.0631. The summed E-state index contributed by atoms with van der Waals surface area (Å²) in [5, 5.41) is 2.99. The minimum absolute atomic E-state index is 0.0631. The number of amides is 2. The van der Waals surface area contributed by atoms with Crippen LogP contribution in [0.25, 0.3) is 0 Å². The molecule has 4 nitrogen and oxygen atoms in total. The molecular formula is C17H26N2O2. The summed E-state index contributed by atoms with van der Waals surface area (Å²) in [7, 11) is 0. The Morgan fingerprint density at radius 2 is 1.90 bits per heavy atom. The normalized spacial score (nSPS) is 21.9. The zero-order valence-electron chi connectivity index (χ0n) is 13.0. The van der Waals surface area contributed by atoms with Crippen LogP contribution in [0.3, 0.4) is 0 Å². The highest BCUT2D eigenvalue weighted by Crippen LogP contribution is 2.20. The third-order valence-electron chi connectivity index (χ3n) is 3.77. The predicted octanol–water partition coefficient (Wildman–Crippen LogP) is 3.14. The summed E-state index contributed by atoms with van der Waals surface area (Å²) >= 11 is 0. The Hall–Kier alpha value is -1.71. The van der Waals surface area contributed by atoms with Gasteiger partial charge in [-0.15, -0.1) is 0 Å². The maximum absolute atomic E-state index is 12.1. The van der Waals surface area contributed by atoms with Crippen molar-refractivity contribution in [3.8, 4) is 5.75 Å². The largest absolute Gasteiger partial charge is 0.494 e. The summed E-state index contributed by atoms with van der Waals surface area (Å²) in [6.45, 7) is 7.45. The Bertz CT molecular complexity index is 426. The van der Waals surface area contributed by atoms with Crippen LogP contribution in [-0.4, -0.2) is 37.2 Å². The Labute approximate surface area is 127 Å². The zero-order chi connectivity index (χ0) is 15.1. The van der Waals surface area contributed by atoms with Gasteiger partial charge >= 0.3 is 6.03 Å². The number of likely N-dealkylation sites (tertiary alicyclic amines) is 1. The molecule has 0 saturated carbocycles. The van der Waals surface area contributed by atoms with E-state index >= 15 is 0 Å². The van der Waals surface area contributed by atoms with E-state index in [0.29, 0.717) is 25.0 Å². The van der Waals surface area contributed by atoms with E-state index in [-0.39, 0.29) is 6.03 Å². The third kappa shape index (κ3) is 5.29. The molecule has 1 fully saturated rings. The van der Waals surface area contributed by atoms with Crippen molar-refractivity contribution in [2.45, 2.75) is 26.7 Å². The first-order valence-electron chi connectivity index (χ1n) is 7.85. The van der Waals surface area contributed by atoms with Crippen LogP contribution in [0.2, 0.25) is 0 Å². The molecule has 0 aromatic heterocycles. The van der Waals surface area contributed by atoms with E-state index < -0.39 is 0 Å². The number of nitrogens with zero attached hydrogens (tertiary/aromatic N) is 1. The van der Waals surface area contributed by atoms with Crippen LogP contribution in [0.5, 0.6) is 5.75 Å². The molecule has 1 heterocycles. The van der Waals surface area contributed by atoms with Gasteiger partial charge < -0.3 is 15.0 Å². The molecule has 1 N–H and O–H groups in total. The van der Waals surface area contributed by atoms with E-state index in [1.54, 1.807) is 0 Å². The molecule has 1 aliphatic rings. The second-order valence-corrected chi connectivity index (χ2v) is 6.10. The van der Waals surface area contributed by atoms with E-state index in [9.17, 15) is 4.79 Å². The van der Waals surface area contributed by atoms with Crippen molar-refractivity contribution >= 4 is 6.03 Å². The van der Waals surface area contributed by atoms with Gasteiger partial charge in [-0.05, 0) is 36.8 Å². The second-order valence-electron chi connectivity index (χ2n) is 6.10. The van der Waals surface area contributed by atoms with Gasteiger partial charge in [0.05, 0.1) is 6.61 Å². The highest BCUT2D eigenvalue weighted by Gasteiger charge is 2.24. The van der Waals surface area contributed by atoms with Gasteiger partial charge in [0.25, 0.3) is 0 Å². The number of nitrogens with one attached hydrogen (secondary N) is 1. The van der Waals surface area contributed by atoms with Crippen LogP contribution in [0.1, 0.15) is 26.7 Å². The number of benzene rings is 1. The Morgan fingerprint density at radius 1 is 1.24 bits per heavy atom. The van der Waals surface area contributed by atoms with Crippen molar-refractivity contribution in [1.82, 2.24) is 10.2 Å². The maximum Gasteiger partial charge on any atom is 0.317 e. The number of ether oxygens (including phenoxy) is 1. The number of hydrogen-bond acceptors (Lipinski definition) is 2. The lowest BCUT2D eigenvalue weighted by Gasteiger charge is -2.34. The molecule has 2 amide bonds. The highest BCUT2D eigenvalue weighted by molar-refractivity contribution is 5.74. The number of urea groups is 1. The van der Waals surface area contributed by atoms with Crippen LogP contribution >= 0.6 is 0 Å². The molecule has 2 rings (SSSR count). The van der Waals surface area contributed by atoms with Gasteiger partial charge in [0.2, 0.25) is 0 Å². The minimum Gasteiger partial charge on any atom is -0.494 e. The number of para-hydroxylation sites is 1. The van der Waals surface area contributed by atoms with Gasteiger partial charge in [0, 0.05) is 19.6 Å². The monoisotopic (exact) mass is 290 g/mol. The summed E-state index contributed by atoms with van der Waals surface area (Å²) in [6, 6.07) is 9.82. The number of hydrogen-bond donors (Lipinski definition) is 1.